The highest BCUT2D eigenvalue weighted by molar-refractivity contribution is 6.02. The fourth-order valence-electron chi connectivity index (χ4n) is 2.27. The average molecular weight is 277 g/mol. The summed E-state index contributed by atoms with van der Waals surface area (Å²) in [6, 6.07) is 3.95. The van der Waals surface area contributed by atoms with E-state index < -0.39 is 6.04 Å². The fraction of sp³-hybridized carbons (Fsp3) is 0.467. The van der Waals surface area contributed by atoms with Crippen molar-refractivity contribution in [1.29, 1.82) is 5.41 Å². The van der Waals surface area contributed by atoms with Gasteiger partial charge < -0.3 is 10.2 Å². The molecule has 2 N–H and O–H groups in total. The van der Waals surface area contributed by atoms with Crippen LogP contribution < -0.4 is 5.32 Å². The molecule has 0 spiro atoms. The van der Waals surface area contributed by atoms with Gasteiger partial charge in [0.2, 0.25) is 5.91 Å². The molecule has 1 aliphatic rings. The Bertz CT molecular complexity index is 563. The van der Waals surface area contributed by atoms with Crippen molar-refractivity contribution in [2.75, 3.05) is 0 Å². The molecule has 4 nitrogen and oxygen atoms in total. The Kier molecular flexibility index (Phi) is 3.54. The van der Waals surface area contributed by atoms with E-state index in [0.29, 0.717) is 12.1 Å². The third-order valence-corrected chi connectivity index (χ3v) is 3.30. The largest absolute Gasteiger partial charge is 0.350 e. The van der Waals surface area contributed by atoms with Crippen LogP contribution in [-0.4, -0.2) is 28.2 Å². The number of hydrogen-bond acceptors (Lipinski definition) is 2. The Morgan fingerprint density at radius 3 is 2.70 bits per heavy atom. The van der Waals surface area contributed by atoms with Gasteiger partial charge in [0, 0.05) is 17.6 Å². The van der Waals surface area contributed by atoms with Gasteiger partial charge in [-0.25, -0.2) is 4.39 Å². The van der Waals surface area contributed by atoms with Gasteiger partial charge in [-0.1, -0.05) is 6.07 Å². The molecular weight excluding hydrogens is 257 g/mol. The quantitative estimate of drug-likeness (QED) is 0.871. The van der Waals surface area contributed by atoms with E-state index in [0.717, 1.165) is 5.56 Å². The van der Waals surface area contributed by atoms with Crippen molar-refractivity contribution >= 4 is 11.7 Å². The van der Waals surface area contributed by atoms with Gasteiger partial charge >= 0.3 is 0 Å². The second kappa shape index (κ2) is 4.89. The van der Waals surface area contributed by atoms with Crippen molar-refractivity contribution in [3.8, 4) is 0 Å². The molecule has 0 saturated heterocycles. The highest BCUT2D eigenvalue weighted by Gasteiger charge is 2.32. The lowest BCUT2D eigenvalue weighted by molar-refractivity contribution is -0.126. The molecule has 1 amide bonds. The zero-order chi connectivity index (χ0) is 15.1. The van der Waals surface area contributed by atoms with Crippen molar-refractivity contribution in [2.45, 2.75) is 45.8 Å². The molecule has 0 bridgehead atoms. The van der Waals surface area contributed by atoms with Crippen LogP contribution in [0.5, 0.6) is 0 Å². The van der Waals surface area contributed by atoms with Crippen LogP contribution >= 0.6 is 0 Å². The molecule has 5 heteroatoms. The lowest BCUT2D eigenvalue weighted by Gasteiger charge is -2.29. The second-order valence-corrected chi connectivity index (χ2v) is 6.19. The number of hydrogen-bond donors (Lipinski definition) is 2. The van der Waals surface area contributed by atoms with Gasteiger partial charge in [-0.3, -0.25) is 10.2 Å². The standard InChI is InChI=1S/C15H20FN3O/c1-9(14(20)18-15(2,3)4)19-8-10-5-6-11(16)7-12(10)13(19)17/h5-7,9,17H,8H2,1-4H3,(H,18,20). The van der Waals surface area contributed by atoms with Gasteiger partial charge in [-0.15, -0.1) is 0 Å². The Balaban J connectivity index is 2.17. The molecule has 1 unspecified atom stereocenters. The average Bonchev–Trinajstić information content (AvgIpc) is 2.64. The summed E-state index contributed by atoms with van der Waals surface area (Å²) in [4.78, 5) is 13.9. The number of benzene rings is 1. The smallest absolute Gasteiger partial charge is 0.242 e. The van der Waals surface area contributed by atoms with Crippen LogP contribution in [0.25, 0.3) is 0 Å². The predicted molar refractivity (Wildman–Crippen MR) is 76.1 cm³/mol. The summed E-state index contributed by atoms with van der Waals surface area (Å²) in [5.41, 5.74) is 1.14. The van der Waals surface area contributed by atoms with Crippen molar-refractivity contribution in [3.05, 3.63) is 35.1 Å². The number of carbonyl (C=O) groups excluding carboxylic acids is 1. The maximum Gasteiger partial charge on any atom is 0.242 e. The predicted octanol–water partition coefficient (Wildman–Crippen LogP) is 2.27. The fourth-order valence-corrected chi connectivity index (χ4v) is 2.27. The Labute approximate surface area is 118 Å². The molecule has 1 aromatic rings. The van der Waals surface area contributed by atoms with E-state index >= 15 is 0 Å². The number of amides is 1. The molecule has 20 heavy (non-hydrogen) atoms. The summed E-state index contributed by atoms with van der Waals surface area (Å²) < 4.78 is 13.2. The van der Waals surface area contributed by atoms with Gasteiger partial charge in [-0.05, 0) is 45.4 Å². The zero-order valence-electron chi connectivity index (χ0n) is 12.2. The van der Waals surface area contributed by atoms with Crippen LogP contribution in [0.3, 0.4) is 0 Å². The first-order valence-corrected chi connectivity index (χ1v) is 6.65. The third kappa shape index (κ3) is 2.81. The maximum absolute atomic E-state index is 13.2. The first-order valence-electron chi connectivity index (χ1n) is 6.65. The van der Waals surface area contributed by atoms with E-state index in [9.17, 15) is 9.18 Å². The molecular formula is C15H20FN3O. The minimum atomic E-state index is -0.461. The highest BCUT2D eigenvalue weighted by Crippen LogP contribution is 2.25. The Morgan fingerprint density at radius 2 is 2.10 bits per heavy atom. The first-order chi connectivity index (χ1) is 9.19. The molecule has 1 heterocycles. The van der Waals surface area contributed by atoms with Gasteiger partial charge in [0.25, 0.3) is 0 Å². The van der Waals surface area contributed by atoms with Crippen LogP contribution in [0.15, 0.2) is 18.2 Å². The molecule has 1 atom stereocenters. The van der Waals surface area contributed by atoms with Crippen LogP contribution in [0, 0.1) is 11.2 Å². The van der Waals surface area contributed by atoms with Crippen molar-refractivity contribution < 1.29 is 9.18 Å². The third-order valence-electron chi connectivity index (χ3n) is 3.30. The summed E-state index contributed by atoms with van der Waals surface area (Å²) in [5.74, 6) is -0.284. The maximum atomic E-state index is 13.2. The Morgan fingerprint density at radius 1 is 1.45 bits per heavy atom. The number of fused-ring (bicyclic) bond motifs is 1. The number of nitrogens with zero attached hydrogens (tertiary/aromatic N) is 1. The second-order valence-electron chi connectivity index (χ2n) is 6.19. The van der Waals surface area contributed by atoms with E-state index in [1.54, 1.807) is 17.9 Å². The van der Waals surface area contributed by atoms with Gasteiger partial charge in [-0.2, -0.15) is 0 Å². The van der Waals surface area contributed by atoms with Crippen molar-refractivity contribution in [3.63, 3.8) is 0 Å². The normalized spacial score (nSPS) is 16.1. The summed E-state index contributed by atoms with van der Waals surface area (Å²) in [5, 5.41) is 11.0. The molecule has 0 saturated carbocycles. The van der Waals surface area contributed by atoms with Crippen LogP contribution in [-0.2, 0) is 11.3 Å². The van der Waals surface area contributed by atoms with E-state index in [1.165, 1.54) is 12.1 Å². The van der Waals surface area contributed by atoms with E-state index in [4.69, 9.17) is 5.41 Å². The molecule has 0 radical (unpaired) electrons. The number of carbonyl (C=O) groups is 1. The number of rotatable bonds is 2. The molecule has 1 aromatic carbocycles. The molecule has 0 fully saturated rings. The van der Waals surface area contributed by atoms with Gasteiger partial charge in [0.15, 0.2) is 0 Å². The SMILES string of the molecule is CC(C(=O)NC(C)(C)C)N1Cc2ccc(F)cc2C1=N. The topological polar surface area (TPSA) is 56.2 Å². The number of amidine groups is 1. The van der Waals surface area contributed by atoms with E-state index in [1.807, 2.05) is 20.8 Å². The van der Waals surface area contributed by atoms with Crippen LogP contribution in [0.1, 0.15) is 38.8 Å². The van der Waals surface area contributed by atoms with Gasteiger partial charge in [0.05, 0.1) is 0 Å². The lowest BCUT2D eigenvalue weighted by atomic mass is 10.1. The molecule has 2 rings (SSSR count). The highest BCUT2D eigenvalue weighted by atomic mass is 19.1. The summed E-state index contributed by atoms with van der Waals surface area (Å²) in [7, 11) is 0. The van der Waals surface area contributed by atoms with E-state index in [-0.39, 0.29) is 23.1 Å². The Hall–Kier alpha value is -1.91. The van der Waals surface area contributed by atoms with Crippen LogP contribution in [0.4, 0.5) is 4.39 Å². The summed E-state index contributed by atoms with van der Waals surface area (Å²) >= 11 is 0. The monoisotopic (exact) mass is 277 g/mol. The van der Waals surface area contributed by atoms with Crippen molar-refractivity contribution in [1.82, 2.24) is 10.2 Å². The minimum absolute atomic E-state index is 0.129. The lowest BCUT2D eigenvalue weighted by Crippen LogP contribution is -2.51. The first kappa shape index (κ1) is 14.5. The molecule has 1 aliphatic heterocycles. The number of halogens is 1. The van der Waals surface area contributed by atoms with Crippen LogP contribution in [0.2, 0.25) is 0 Å². The number of nitrogens with one attached hydrogen (secondary N) is 2. The van der Waals surface area contributed by atoms with Crippen molar-refractivity contribution in [2.24, 2.45) is 0 Å². The zero-order valence-corrected chi connectivity index (χ0v) is 12.2. The van der Waals surface area contributed by atoms with E-state index in [2.05, 4.69) is 5.32 Å². The molecule has 0 aromatic heterocycles. The van der Waals surface area contributed by atoms with Gasteiger partial charge in [0.1, 0.15) is 17.7 Å². The summed E-state index contributed by atoms with van der Waals surface area (Å²) in [6.45, 7) is 7.97. The molecule has 0 aliphatic carbocycles. The summed E-state index contributed by atoms with van der Waals surface area (Å²) in [6.07, 6.45) is 0. The minimum Gasteiger partial charge on any atom is -0.350 e. The molecule has 108 valence electrons.